The Morgan fingerprint density at radius 2 is 1.76 bits per heavy atom. The molecule has 0 aliphatic heterocycles. The molecule has 0 fully saturated rings. The van der Waals surface area contributed by atoms with E-state index in [2.05, 4.69) is 5.32 Å². The van der Waals surface area contributed by atoms with E-state index in [1.54, 1.807) is 23.2 Å². The number of benzene rings is 2. The summed E-state index contributed by atoms with van der Waals surface area (Å²) in [5, 5.41) is 13.5. The molecule has 0 bridgehead atoms. The zero-order valence-electron chi connectivity index (χ0n) is 14.7. The Bertz CT molecular complexity index is 925. The number of aliphatic hydroxyl groups is 1. The molecule has 0 aliphatic carbocycles. The minimum Gasteiger partial charge on any atom is -0.491 e. The molecule has 1 aromatic heterocycles. The molecule has 25 heavy (non-hydrogen) atoms. The molecule has 132 valence electrons. The lowest BCUT2D eigenvalue weighted by molar-refractivity contribution is 0.108. The van der Waals surface area contributed by atoms with Crippen molar-refractivity contribution in [1.29, 1.82) is 0 Å². The van der Waals surface area contributed by atoms with Crippen molar-refractivity contribution in [1.82, 2.24) is 14.5 Å². The molecule has 2 N–H and O–H groups in total. The molecular formula is C19H23N3O3. The van der Waals surface area contributed by atoms with E-state index in [1.807, 2.05) is 49.5 Å². The fourth-order valence-corrected chi connectivity index (χ4v) is 2.91. The number of ether oxygens (including phenoxy) is 1. The van der Waals surface area contributed by atoms with Gasteiger partial charge >= 0.3 is 5.69 Å². The molecule has 3 aromatic rings. The highest BCUT2D eigenvalue weighted by Gasteiger charge is 2.13. The smallest absolute Gasteiger partial charge is 0.328 e. The number of rotatable bonds is 6. The third-order valence-corrected chi connectivity index (χ3v) is 4.39. The van der Waals surface area contributed by atoms with Crippen molar-refractivity contribution in [2.75, 3.05) is 13.7 Å². The largest absolute Gasteiger partial charge is 0.491 e. The molecule has 2 aromatic carbocycles. The van der Waals surface area contributed by atoms with Gasteiger partial charge in [-0.1, -0.05) is 18.2 Å². The second kappa shape index (κ2) is 7.13. The molecule has 0 amide bonds. The van der Waals surface area contributed by atoms with Crippen molar-refractivity contribution in [3.63, 3.8) is 0 Å². The normalized spacial score (nSPS) is 12.5. The average molecular weight is 341 g/mol. The summed E-state index contributed by atoms with van der Waals surface area (Å²) in [6, 6.07) is 13.3. The van der Waals surface area contributed by atoms with E-state index < -0.39 is 6.10 Å². The van der Waals surface area contributed by atoms with Crippen LogP contribution < -0.4 is 15.7 Å². The lowest BCUT2D eigenvalue weighted by atomic mass is 10.1. The average Bonchev–Trinajstić information content (AvgIpc) is 2.85. The van der Waals surface area contributed by atoms with Crippen LogP contribution >= 0.6 is 0 Å². The maximum atomic E-state index is 12.0. The number of fused-ring (bicyclic) bond motifs is 1. The first-order chi connectivity index (χ1) is 12.0. The summed E-state index contributed by atoms with van der Waals surface area (Å²) in [7, 11) is 5.37. The van der Waals surface area contributed by atoms with Crippen LogP contribution in [0.1, 0.15) is 17.2 Å². The topological polar surface area (TPSA) is 68.4 Å². The van der Waals surface area contributed by atoms with Gasteiger partial charge in [0.05, 0.1) is 11.0 Å². The standard InChI is InChI=1S/C19H23N3O3/c1-20-11-13-4-7-15(8-5-13)25-12-18(23)14-6-9-16-17(10-14)22(3)19(24)21(16)2/h4-10,18,20,23H,11-12H2,1-3H3. The van der Waals surface area contributed by atoms with Gasteiger partial charge in [0.1, 0.15) is 18.5 Å². The predicted molar refractivity (Wildman–Crippen MR) is 97.8 cm³/mol. The second-order valence-corrected chi connectivity index (χ2v) is 6.15. The van der Waals surface area contributed by atoms with Crippen molar-refractivity contribution < 1.29 is 9.84 Å². The van der Waals surface area contributed by atoms with Gasteiger partial charge in [-0.15, -0.1) is 0 Å². The zero-order chi connectivity index (χ0) is 18.0. The molecule has 0 radical (unpaired) electrons. The first kappa shape index (κ1) is 17.3. The van der Waals surface area contributed by atoms with Gasteiger partial charge in [0.15, 0.2) is 0 Å². The Labute approximate surface area is 146 Å². The number of aromatic nitrogens is 2. The van der Waals surface area contributed by atoms with Crippen LogP contribution in [0.5, 0.6) is 5.75 Å². The fraction of sp³-hybridized carbons (Fsp3) is 0.316. The quantitative estimate of drug-likeness (QED) is 0.716. The van der Waals surface area contributed by atoms with Crippen molar-refractivity contribution in [3.05, 3.63) is 64.1 Å². The third kappa shape index (κ3) is 3.45. The first-order valence-electron chi connectivity index (χ1n) is 8.21. The Morgan fingerprint density at radius 1 is 1.08 bits per heavy atom. The number of aliphatic hydroxyl groups excluding tert-OH is 1. The summed E-state index contributed by atoms with van der Waals surface area (Å²) >= 11 is 0. The highest BCUT2D eigenvalue weighted by Crippen LogP contribution is 2.21. The number of nitrogens with one attached hydrogen (secondary N) is 1. The maximum absolute atomic E-state index is 12.0. The molecule has 6 heteroatoms. The fourth-order valence-electron chi connectivity index (χ4n) is 2.91. The van der Waals surface area contributed by atoms with Crippen LogP contribution in [0.4, 0.5) is 0 Å². The van der Waals surface area contributed by atoms with Crippen molar-refractivity contribution >= 4 is 11.0 Å². The second-order valence-electron chi connectivity index (χ2n) is 6.15. The van der Waals surface area contributed by atoms with E-state index in [0.29, 0.717) is 5.75 Å². The van der Waals surface area contributed by atoms with Gasteiger partial charge in [0.2, 0.25) is 0 Å². The lowest BCUT2D eigenvalue weighted by Gasteiger charge is -2.13. The summed E-state index contributed by atoms with van der Waals surface area (Å²) in [6.07, 6.45) is -0.767. The summed E-state index contributed by atoms with van der Waals surface area (Å²) in [4.78, 5) is 12.0. The zero-order valence-corrected chi connectivity index (χ0v) is 14.7. The van der Waals surface area contributed by atoms with Crippen LogP contribution in [0.2, 0.25) is 0 Å². The molecule has 1 heterocycles. The van der Waals surface area contributed by atoms with Crippen molar-refractivity contribution in [3.8, 4) is 5.75 Å². The molecular weight excluding hydrogens is 318 g/mol. The van der Waals surface area contributed by atoms with E-state index in [0.717, 1.165) is 23.1 Å². The third-order valence-electron chi connectivity index (χ3n) is 4.39. The molecule has 0 saturated heterocycles. The van der Waals surface area contributed by atoms with Crippen molar-refractivity contribution in [2.45, 2.75) is 12.6 Å². The number of hydrogen-bond acceptors (Lipinski definition) is 4. The summed E-state index contributed by atoms with van der Waals surface area (Å²) < 4.78 is 8.85. The Hall–Kier alpha value is -2.57. The number of hydrogen-bond donors (Lipinski definition) is 2. The van der Waals surface area contributed by atoms with E-state index >= 15 is 0 Å². The summed E-state index contributed by atoms with van der Waals surface area (Å²) in [5.74, 6) is 0.715. The monoisotopic (exact) mass is 341 g/mol. The van der Waals surface area contributed by atoms with Gasteiger partial charge in [0.25, 0.3) is 0 Å². The van der Waals surface area contributed by atoms with Gasteiger partial charge < -0.3 is 15.2 Å². The number of aryl methyl sites for hydroxylation is 2. The van der Waals surface area contributed by atoms with Crippen LogP contribution in [-0.2, 0) is 20.6 Å². The molecule has 3 rings (SSSR count). The minimum absolute atomic E-state index is 0.0838. The highest BCUT2D eigenvalue weighted by atomic mass is 16.5. The number of imidazole rings is 1. The van der Waals surface area contributed by atoms with Gasteiger partial charge in [-0.2, -0.15) is 0 Å². The molecule has 0 saturated carbocycles. The molecule has 1 unspecified atom stereocenters. The Kier molecular flexibility index (Phi) is 4.92. The van der Waals surface area contributed by atoms with Crippen molar-refractivity contribution in [2.24, 2.45) is 14.1 Å². The van der Waals surface area contributed by atoms with Crippen LogP contribution in [0.15, 0.2) is 47.3 Å². The van der Waals surface area contributed by atoms with E-state index in [4.69, 9.17) is 4.74 Å². The molecule has 6 nitrogen and oxygen atoms in total. The SMILES string of the molecule is CNCc1ccc(OCC(O)c2ccc3c(c2)n(C)c(=O)n3C)cc1. The maximum Gasteiger partial charge on any atom is 0.328 e. The highest BCUT2D eigenvalue weighted by molar-refractivity contribution is 5.76. The van der Waals surface area contributed by atoms with Gasteiger partial charge in [-0.25, -0.2) is 4.79 Å². The van der Waals surface area contributed by atoms with Crippen LogP contribution in [-0.4, -0.2) is 27.9 Å². The van der Waals surface area contributed by atoms with E-state index in [-0.39, 0.29) is 12.3 Å². The van der Waals surface area contributed by atoms with E-state index in [9.17, 15) is 9.90 Å². The summed E-state index contributed by atoms with van der Waals surface area (Å²) in [5.41, 5.74) is 3.44. The van der Waals surface area contributed by atoms with Crippen LogP contribution in [0.25, 0.3) is 11.0 Å². The van der Waals surface area contributed by atoms with Crippen LogP contribution in [0, 0.1) is 0 Å². The Balaban J connectivity index is 1.72. The van der Waals surface area contributed by atoms with Gasteiger partial charge in [0, 0.05) is 20.6 Å². The minimum atomic E-state index is -0.767. The first-order valence-corrected chi connectivity index (χ1v) is 8.21. The van der Waals surface area contributed by atoms with Gasteiger partial charge in [-0.05, 0) is 42.4 Å². The molecule has 0 spiro atoms. The Morgan fingerprint density at radius 3 is 2.44 bits per heavy atom. The summed E-state index contributed by atoms with van der Waals surface area (Å²) in [6.45, 7) is 0.955. The molecule has 0 aliphatic rings. The van der Waals surface area contributed by atoms with E-state index in [1.165, 1.54) is 5.56 Å². The lowest BCUT2D eigenvalue weighted by Crippen LogP contribution is -2.19. The molecule has 1 atom stereocenters. The predicted octanol–water partition coefficient (Wildman–Crippen LogP) is 1.71. The number of nitrogens with zero attached hydrogens (tertiary/aromatic N) is 2. The van der Waals surface area contributed by atoms with Crippen LogP contribution in [0.3, 0.4) is 0 Å². The van der Waals surface area contributed by atoms with Gasteiger partial charge in [-0.3, -0.25) is 9.13 Å².